The molecular weight excluding hydrogens is 179 g/mol. The number of hydrogen-bond acceptors (Lipinski definition) is 2. The lowest BCUT2D eigenvalue weighted by Crippen LogP contribution is -2.38. The van der Waals surface area contributed by atoms with Gasteiger partial charge in [-0.3, -0.25) is 0 Å². The molecule has 0 aliphatic rings. The molecule has 0 saturated heterocycles. The molecule has 4 radical (unpaired) electrons. The number of benzene rings is 1. The van der Waals surface area contributed by atoms with Gasteiger partial charge in [-0.05, 0) is 23.5 Å². The summed E-state index contributed by atoms with van der Waals surface area (Å²) in [6.45, 7) is 0. The fourth-order valence-electron chi connectivity index (χ4n) is 1.46. The Morgan fingerprint density at radius 1 is 1.29 bits per heavy atom. The van der Waals surface area contributed by atoms with Crippen LogP contribution in [0.4, 0.5) is 4.39 Å². The quantitative estimate of drug-likeness (QED) is 0.672. The molecule has 2 N–H and O–H groups in total. The molecule has 0 aliphatic carbocycles. The Kier molecular flexibility index (Phi) is 1.93. The molecule has 0 spiro atoms. The summed E-state index contributed by atoms with van der Waals surface area (Å²) in [6, 6.07) is 4.30. The van der Waals surface area contributed by atoms with Crippen LogP contribution in [0.1, 0.15) is 5.56 Å². The van der Waals surface area contributed by atoms with E-state index in [0.29, 0.717) is 11.0 Å². The second-order valence-corrected chi connectivity index (χ2v) is 3.19. The fourth-order valence-corrected chi connectivity index (χ4v) is 1.46. The molecule has 14 heavy (non-hydrogen) atoms. The van der Waals surface area contributed by atoms with Crippen LogP contribution in [-0.4, -0.2) is 15.7 Å². The second-order valence-electron chi connectivity index (χ2n) is 3.19. The van der Waals surface area contributed by atoms with Crippen molar-refractivity contribution in [3.63, 3.8) is 0 Å². The van der Waals surface area contributed by atoms with Crippen LogP contribution in [0, 0.1) is 5.82 Å². The SMILES string of the molecule is [B]C([B])(N)c1c(F)ccc2occc12. The Hall–Kier alpha value is -1.22. The number of furan rings is 1. The molecule has 1 heterocycles. The van der Waals surface area contributed by atoms with Gasteiger partial charge in [-0.2, -0.15) is 0 Å². The summed E-state index contributed by atoms with van der Waals surface area (Å²) in [6.07, 6.45) is 1.43. The number of nitrogens with two attached hydrogens (primary N) is 1. The highest BCUT2D eigenvalue weighted by atomic mass is 19.1. The molecule has 0 fully saturated rings. The van der Waals surface area contributed by atoms with Crippen LogP contribution in [0.25, 0.3) is 11.0 Å². The molecule has 66 valence electrons. The van der Waals surface area contributed by atoms with Crippen molar-refractivity contribution >= 4 is 26.7 Å². The molecule has 2 aromatic rings. The van der Waals surface area contributed by atoms with Gasteiger partial charge in [0.05, 0.1) is 22.0 Å². The van der Waals surface area contributed by atoms with Gasteiger partial charge in [0.15, 0.2) is 0 Å². The summed E-state index contributed by atoms with van der Waals surface area (Å²) >= 11 is 0. The minimum Gasteiger partial charge on any atom is -0.464 e. The smallest absolute Gasteiger partial charge is 0.134 e. The third-order valence-electron chi connectivity index (χ3n) is 2.02. The summed E-state index contributed by atoms with van der Waals surface area (Å²) in [5, 5.41) is -1.20. The van der Waals surface area contributed by atoms with Crippen LogP contribution in [0.3, 0.4) is 0 Å². The zero-order valence-corrected chi connectivity index (χ0v) is 7.33. The maximum Gasteiger partial charge on any atom is 0.134 e. The van der Waals surface area contributed by atoms with Crippen molar-refractivity contribution in [2.75, 3.05) is 0 Å². The number of hydrogen-bond donors (Lipinski definition) is 1. The summed E-state index contributed by atoms with van der Waals surface area (Å²) in [4.78, 5) is 0. The molecule has 0 atom stereocenters. The highest BCUT2D eigenvalue weighted by molar-refractivity contribution is 6.40. The maximum absolute atomic E-state index is 13.4. The highest BCUT2D eigenvalue weighted by Crippen LogP contribution is 2.27. The predicted octanol–water partition coefficient (Wildman–Crippen LogP) is 0.978. The summed E-state index contributed by atoms with van der Waals surface area (Å²) in [5.74, 6) is -0.536. The largest absolute Gasteiger partial charge is 0.464 e. The number of halogens is 1. The van der Waals surface area contributed by atoms with E-state index in [1.807, 2.05) is 0 Å². The van der Waals surface area contributed by atoms with E-state index in [9.17, 15) is 4.39 Å². The summed E-state index contributed by atoms with van der Waals surface area (Å²) in [5.41, 5.74) is 6.02. The van der Waals surface area contributed by atoms with Crippen LogP contribution >= 0.6 is 0 Å². The van der Waals surface area contributed by atoms with Crippen LogP contribution in [0.2, 0.25) is 0 Å². The van der Waals surface area contributed by atoms with Crippen molar-refractivity contribution < 1.29 is 8.81 Å². The van der Waals surface area contributed by atoms with E-state index in [1.165, 1.54) is 18.4 Å². The van der Waals surface area contributed by atoms with Gasteiger partial charge >= 0.3 is 0 Å². The molecule has 2 rings (SSSR count). The van der Waals surface area contributed by atoms with Gasteiger partial charge < -0.3 is 10.2 Å². The lowest BCUT2D eigenvalue weighted by atomic mass is 9.58. The van der Waals surface area contributed by atoms with Gasteiger partial charge in [-0.1, -0.05) is 0 Å². The molecular formula is C9H6B2FNO. The van der Waals surface area contributed by atoms with E-state index < -0.39 is 11.2 Å². The lowest BCUT2D eigenvalue weighted by molar-refractivity contribution is 0.596. The van der Waals surface area contributed by atoms with Gasteiger partial charge in [0.25, 0.3) is 0 Å². The topological polar surface area (TPSA) is 39.2 Å². The van der Waals surface area contributed by atoms with E-state index >= 15 is 0 Å². The van der Waals surface area contributed by atoms with Gasteiger partial charge in [0.2, 0.25) is 0 Å². The minimum atomic E-state index is -1.70. The van der Waals surface area contributed by atoms with E-state index in [1.54, 1.807) is 6.07 Å². The first-order valence-electron chi connectivity index (χ1n) is 4.03. The third kappa shape index (κ3) is 1.34. The van der Waals surface area contributed by atoms with Crippen LogP contribution in [-0.2, 0) is 5.34 Å². The normalized spacial score (nSPS) is 12.1. The minimum absolute atomic E-state index is 0.0590. The standard InChI is InChI=1S/C9H6B2FNO/c10-9(11,13)8-5-3-4-14-7(5)2-1-6(8)12/h1-4H,13H2. The first kappa shape index (κ1) is 9.34. The Labute approximate surface area is 83.1 Å². The first-order chi connectivity index (χ1) is 6.50. The maximum atomic E-state index is 13.4. The Balaban J connectivity index is 2.83. The monoisotopic (exact) mass is 185 g/mol. The fraction of sp³-hybridized carbons (Fsp3) is 0.111. The molecule has 0 amide bonds. The van der Waals surface area contributed by atoms with E-state index in [4.69, 9.17) is 25.8 Å². The van der Waals surface area contributed by atoms with Crippen molar-refractivity contribution in [1.82, 2.24) is 0 Å². The molecule has 0 aliphatic heterocycles. The second kappa shape index (κ2) is 2.89. The Morgan fingerprint density at radius 2 is 2.00 bits per heavy atom. The first-order valence-corrected chi connectivity index (χ1v) is 4.03. The molecule has 0 saturated carbocycles. The highest BCUT2D eigenvalue weighted by Gasteiger charge is 2.21. The van der Waals surface area contributed by atoms with Crippen molar-refractivity contribution in [1.29, 1.82) is 0 Å². The van der Waals surface area contributed by atoms with Crippen LogP contribution < -0.4 is 5.73 Å². The number of fused-ring (bicyclic) bond motifs is 1. The molecule has 1 aromatic carbocycles. The van der Waals surface area contributed by atoms with Crippen molar-refractivity contribution in [2.45, 2.75) is 5.34 Å². The van der Waals surface area contributed by atoms with Crippen molar-refractivity contribution in [3.05, 3.63) is 35.8 Å². The average Bonchev–Trinajstić information content (AvgIpc) is 2.48. The molecule has 0 bridgehead atoms. The van der Waals surface area contributed by atoms with Crippen molar-refractivity contribution in [2.24, 2.45) is 5.73 Å². The summed E-state index contributed by atoms with van der Waals surface area (Å²) in [7, 11) is 10.9. The van der Waals surface area contributed by atoms with Gasteiger partial charge in [-0.15, -0.1) is 0 Å². The molecule has 0 unspecified atom stereocenters. The van der Waals surface area contributed by atoms with Crippen molar-refractivity contribution in [3.8, 4) is 0 Å². The zero-order valence-electron chi connectivity index (χ0n) is 7.33. The van der Waals surface area contributed by atoms with Gasteiger partial charge in [-0.25, -0.2) is 4.39 Å². The van der Waals surface area contributed by atoms with E-state index in [-0.39, 0.29) is 5.56 Å². The predicted molar refractivity (Wildman–Crippen MR) is 53.5 cm³/mol. The Bertz CT molecular complexity index is 475. The zero-order chi connectivity index (χ0) is 10.3. The molecule has 2 nitrogen and oxygen atoms in total. The Morgan fingerprint density at radius 3 is 2.64 bits per heavy atom. The lowest BCUT2D eigenvalue weighted by Gasteiger charge is -2.21. The van der Waals surface area contributed by atoms with Gasteiger partial charge in [0.1, 0.15) is 11.4 Å². The molecule has 5 heteroatoms. The number of rotatable bonds is 1. The molecule has 1 aromatic heterocycles. The van der Waals surface area contributed by atoms with E-state index in [0.717, 1.165) is 0 Å². The average molecular weight is 185 g/mol. The van der Waals surface area contributed by atoms with Crippen LogP contribution in [0.5, 0.6) is 0 Å². The van der Waals surface area contributed by atoms with Crippen LogP contribution in [0.15, 0.2) is 28.9 Å². The summed E-state index contributed by atoms with van der Waals surface area (Å²) < 4.78 is 18.5. The van der Waals surface area contributed by atoms with Gasteiger partial charge in [0, 0.05) is 10.9 Å². The third-order valence-corrected chi connectivity index (χ3v) is 2.02. The van der Waals surface area contributed by atoms with E-state index in [2.05, 4.69) is 0 Å².